The molecule has 4 nitrogen and oxygen atoms in total. The number of amides is 1. The molecule has 2 unspecified atom stereocenters. The van der Waals surface area contributed by atoms with Crippen LogP contribution in [0.4, 0.5) is 0 Å². The third kappa shape index (κ3) is 2.97. The molecule has 0 radical (unpaired) electrons. The van der Waals surface area contributed by atoms with Gasteiger partial charge >= 0.3 is 0 Å². The number of nitrogens with one attached hydrogen (secondary N) is 1. The smallest absolute Gasteiger partial charge is 0.237 e. The van der Waals surface area contributed by atoms with Crippen molar-refractivity contribution in [2.75, 3.05) is 13.1 Å². The van der Waals surface area contributed by atoms with Crippen molar-refractivity contribution in [3.63, 3.8) is 0 Å². The molecule has 1 N–H and O–H groups in total. The van der Waals surface area contributed by atoms with E-state index in [1.54, 1.807) is 32.0 Å². The first-order chi connectivity index (χ1) is 9.41. The predicted molar refractivity (Wildman–Crippen MR) is 79.4 cm³/mol. The number of piperazine rings is 1. The Morgan fingerprint density at radius 1 is 1.45 bits per heavy atom. The SMILES string of the molecule is CC1C(=O)NCCN1C(C)C(=O)c1ccc(Cl)cc1Cl. The van der Waals surface area contributed by atoms with Crippen molar-refractivity contribution in [3.05, 3.63) is 33.8 Å². The molecular formula is C14H16Cl2N2O2. The number of carbonyl (C=O) groups excluding carboxylic acids is 2. The van der Waals surface area contributed by atoms with Gasteiger partial charge in [0.1, 0.15) is 0 Å². The Kier molecular flexibility index (Phi) is 4.68. The van der Waals surface area contributed by atoms with Crippen molar-refractivity contribution in [1.29, 1.82) is 0 Å². The third-order valence-electron chi connectivity index (χ3n) is 3.62. The summed E-state index contributed by atoms with van der Waals surface area (Å²) in [6, 6.07) is 4.08. The summed E-state index contributed by atoms with van der Waals surface area (Å²) < 4.78 is 0. The van der Waals surface area contributed by atoms with Crippen LogP contribution in [0.1, 0.15) is 24.2 Å². The summed E-state index contributed by atoms with van der Waals surface area (Å²) in [5, 5.41) is 3.61. The van der Waals surface area contributed by atoms with Gasteiger partial charge in [-0.05, 0) is 32.0 Å². The van der Waals surface area contributed by atoms with Crippen LogP contribution in [0, 0.1) is 0 Å². The highest BCUT2D eigenvalue weighted by molar-refractivity contribution is 6.37. The van der Waals surface area contributed by atoms with Crippen LogP contribution in [-0.4, -0.2) is 41.8 Å². The van der Waals surface area contributed by atoms with Gasteiger partial charge in [-0.15, -0.1) is 0 Å². The summed E-state index contributed by atoms with van der Waals surface area (Å²) in [6.07, 6.45) is 0. The van der Waals surface area contributed by atoms with Crippen molar-refractivity contribution in [1.82, 2.24) is 10.2 Å². The first kappa shape index (κ1) is 15.3. The molecule has 1 aromatic carbocycles. The maximum atomic E-state index is 12.5. The standard InChI is InChI=1S/C14H16Cl2N2O2/c1-8(18-6-5-17-14(20)9(18)2)13(19)11-4-3-10(15)7-12(11)16/h3-4,7-9H,5-6H2,1-2H3,(H,17,20). The van der Waals surface area contributed by atoms with E-state index in [0.717, 1.165) is 0 Å². The first-order valence-corrected chi connectivity index (χ1v) is 7.20. The fourth-order valence-electron chi connectivity index (χ4n) is 2.39. The number of rotatable bonds is 3. The third-order valence-corrected chi connectivity index (χ3v) is 4.17. The summed E-state index contributed by atoms with van der Waals surface area (Å²) in [6.45, 7) is 4.78. The van der Waals surface area contributed by atoms with Gasteiger partial charge in [-0.1, -0.05) is 23.2 Å². The highest BCUT2D eigenvalue weighted by atomic mass is 35.5. The Balaban J connectivity index is 2.21. The summed E-state index contributed by atoms with van der Waals surface area (Å²) in [5.41, 5.74) is 0.432. The van der Waals surface area contributed by atoms with Gasteiger partial charge in [-0.2, -0.15) is 0 Å². The monoisotopic (exact) mass is 314 g/mol. The number of Topliss-reactive ketones (excluding diaryl/α,β-unsaturated/α-hetero) is 1. The maximum absolute atomic E-state index is 12.5. The Morgan fingerprint density at radius 2 is 2.15 bits per heavy atom. The van der Waals surface area contributed by atoms with Crippen LogP contribution in [0.5, 0.6) is 0 Å². The molecule has 0 aliphatic carbocycles. The van der Waals surface area contributed by atoms with E-state index in [1.807, 2.05) is 4.90 Å². The number of benzene rings is 1. The first-order valence-electron chi connectivity index (χ1n) is 6.44. The van der Waals surface area contributed by atoms with E-state index in [-0.39, 0.29) is 17.7 Å². The molecule has 1 heterocycles. The van der Waals surface area contributed by atoms with Crippen molar-refractivity contribution in [3.8, 4) is 0 Å². The molecule has 2 rings (SSSR count). The molecule has 1 aliphatic rings. The van der Waals surface area contributed by atoms with Gasteiger partial charge in [0.2, 0.25) is 5.91 Å². The number of ketones is 1. The van der Waals surface area contributed by atoms with Gasteiger partial charge in [0.25, 0.3) is 0 Å². The van der Waals surface area contributed by atoms with E-state index in [1.165, 1.54) is 0 Å². The molecule has 1 saturated heterocycles. The second-order valence-corrected chi connectivity index (χ2v) is 5.71. The van der Waals surface area contributed by atoms with Crippen molar-refractivity contribution in [2.45, 2.75) is 25.9 Å². The summed E-state index contributed by atoms with van der Waals surface area (Å²) in [5.74, 6) is -0.161. The Labute approximate surface area is 128 Å². The van der Waals surface area contributed by atoms with Crippen molar-refractivity contribution < 1.29 is 9.59 Å². The fourth-order valence-corrected chi connectivity index (χ4v) is 2.90. The molecule has 1 amide bonds. The minimum Gasteiger partial charge on any atom is -0.353 e. The van der Waals surface area contributed by atoms with Crippen LogP contribution in [0.3, 0.4) is 0 Å². The van der Waals surface area contributed by atoms with Crippen LogP contribution in [0.25, 0.3) is 0 Å². The highest BCUT2D eigenvalue weighted by Gasteiger charge is 2.33. The summed E-state index contributed by atoms with van der Waals surface area (Å²) >= 11 is 11.9. The lowest BCUT2D eigenvalue weighted by molar-refractivity contribution is -0.128. The lowest BCUT2D eigenvalue weighted by atomic mass is 10.0. The lowest BCUT2D eigenvalue weighted by Crippen LogP contribution is -2.58. The van der Waals surface area contributed by atoms with Crippen LogP contribution in [0.15, 0.2) is 18.2 Å². The Hall–Kier alpha value is -1.10. The summed E-state index contributed by atoms with van der Waals surface area (Å²) in [4.78, 5) is 26.1. The van der Waals surface area contributed by atoms with Gasteiger partial charge in [0.05, 0.1) is 17.1 Å². The zero-order chi connectivity index (χ0) is 14.9. The molecule has 108 valence electrons. The Morgan fingerprint density at radius 3 is 2.80 bits per heavy atom. The number of halogens is 2. The van der Waals surface area contributed by atoms with Crippen LogP contribution in [-0.2, 0) is 4.79 Å². The Bertz CT molecular complexity index is 548. The van der Waals surface area contributed by atoms with Crippen molar-refractivity contribution in [2.24, 2.45) is 0 Å². The van der Waals surface area contributed by atoms with E-state index in [4.69, 9.17) is 23.2 Å². The fraction of sp³-hybridized carbons (Fsp3) is 0.429. The van der Waals surface area contributed by atoms with Crippen molar-refractivity contribution >= 4 is 34.9 Å². The predicted octanol–water partition coefficient (Wildman–Crippen LogP) is 2.38. The van der Waals surface area contributed by atoms with Crippen LogP contribution >= 0.6 is 23.2 Å². The quantitative estimate of drug-likeness (QED) is 0.871. The van der Waals surface area contributed by atoms with Crippen LogP contribution < -0.4 is 5.32 Å². The number of hydrogen-bond donors (Lipinski definition) is 1. The van der Waals surface area contributed by atoms with Gasteiger partial charge in [-0.25, -0.2) is 0 Å². The number of carbonyl (C=O) groups is 2. The van der Waals surface area contributed by atoms with E-state index in [2.05, 4.69) is 5.32 Å². The molecule has 1 fully saturated rings. The highest BCUT2D eigenvalue weighted by Crippen LogP contribution is 2.24. The number of hydrogen-bond acceptors (Lipinski definition) is 3. The van der Waals surface area contributed by atoms with E-state index < -0.39 is 6.04 Å². The van der Waals surface area contributed by atoms with Gasteiger partial charge in [-0.3, -0.25) is 14.5 Å². The largest absolute Gasteiger partial charge is 0.353 e. The lowest BCUT2D eigenvalue weighted by Gasteiger charge is -2.36. The molecular weight excluding hydrogens is 299 g/mol. The van der Waals surface area contributed by atoms with E-state index in [0.29, 0.717) is 28.7 Å². The molecule has 2 atom stereocenters. The van der Waals surface area contributed by atoms with Crippen LogP contribution in [0.2, 0.25) is 10.0 Å². The normalized spacial score (nSPS) is 21.4. The molecule has 20 heavy (non-hydrogen) atoms. The van der Waals surface area contributed by atoms with E-state index >= 15 is 0 Å². The summed E-state index contributed by atoms with van der Waals surface area (Å²) in [7, 11) is 0. The molecule has 1 aliphatic heterocycles. The zero-order valence-electron chi connectivity index (χ0n) is 11.3. The second kappa shape index (κ2) is 6.12. The minimum atomic E-state index is -0.408. The molecule has 0 spiro atoms. The second-order valence-electron chi connectivity index (χ2n) is 4.87. The van der Waals surface area contributed by atoms with E-state index in [9.17, 15) is 9.59 Å². The number of nitrogens with zero attached hydrogens (tertiary/aromatic N) is 1. The zero-order valence-corrected chi connectivity index (χ0v) is 12.8. The maximum Gasteiger partial charge on any atom is 0.237 e. The van der Waals surface area contributed by atoms with Gasteiger partial charge < -0.3 is 5.32 Å². The average molecular weight is 315 g/mol. The minimum absolute atomic E-state index is 0.0573. The average Bonchev–Trinajstić information content (AvgIpc) is 2.40. The van der Waals surface area contributed by atoms with Gasteiger partial charge in [0.15, 0.2) is 5.78 Å². The molecule has 0 aromatic heterocycles. The molecule has 6 heteroatoms. The van der Waals surface area contributed by atoms with Gasteiger partial charge in [0, 0.05) is 23.7 Å². The molecule has 1 aromatic rings. The molecule has 0 saturated carbocycles. The molecule has 0 bridgehead atoms. The topological polar surface area (TPSA) is 49.4 Å².